The highest BCUT2D eigenvalue weighted by atomic mass is 79.9. The molecule has 4 nitrogen and oxygen atoms in total. The van der Waals surface area contributed by atoms with Crippen molar-refractivity contribution in [2.24, 2.45) is 11.7 Å². The maximum Gasteiger partial charge on any atom is 0.260 e. The van der Waals surface area contributed by atoms with Gasteiger partial charge in [-0.15, -0.1) is 0 Å². The van der Waals surface area contributed by atoms with E-state index in [0.29, 0.717) is 24.8 Å². The summed E-state index contributed by atoms with van der Waals surface area (Å²) in [5, 5.41) is 2.85. The fraction of sp³-hybridized carbons (Fsp3) is 0.500. The summed E-state index contributed by atoms with van der Waals surface area (Å²) in [5.41, 5.74) is 6.59. The molecule has 0 saturated carbocycles. The molecule has 0 aliphatic carbocycles. The Morgan fingerprint density at radius 3 is 2.30 bits per heavy atom. The van der Waals surface area contributed by atoms with Crippen molar-refractivity contribution < 1.29 is 9.53 Å². The molecule has 1 aromatic carbocycles. The zero-order valence-electron chi connectivity index (χ0n) is 11.9. The molecule has 0 heterocycles. The molecule has 0 aliphatic rings. The van der Waals surface area contributed by atoms with Crippen LogP contribution in [0.2, 0.25) is 0 Å². The fourth-order valence-electron chi connectivity index (χ4n) is 1.52. The maximum absolute atomic E-state index is 11.9. The topological polar surface area (TPSA) is 64.3 Å². The molecule has 0 saturated heterocycles. The predicted octanol–water partition coefficient (Wildman–Crippen LogP) is 3.21. The number of ether oxygens (including phenoxy) is 1. The van der Waals surface area contributed by atoms with Crippen molar-refractivity contribution in [2.45, 2.75) is 33.4 Å². The number of hydrogen-bond acceptors (Lipinski definition) is 3. The first-order valence-electron chi connectivity index (χ1n) is 6.47. The van der Waals surface area contributed by atoms with Gasteiger partial charge in [0.25, 0.3) is 5.91 Å². The number of carbonyl (C=O) groups is 1. The lowest BCUT2D eigenvalue weighted by atomic mass is 10.2. The van der Waals surface area contributed by atoms with E-state index in [4.69, 9.17) is 10.5 Å². The van der Waals surface area contributed by atoms with Crippen molar-refractivity contribution in [2.75, 3.05) is 6.54 Å². The molecular weight excluding hydrogens is 388 g/mol. The summed E-state index contributed by atoms with van der Waals surface area (Å²) < 4.78 is 7.27. The molecule has 112 valence electrons. The third-order valence-electron chi connectivity index (χ3n) is 2.64. The minimum absolute atomic E-state index is 0.125. The van der Waals surface area contributed by atoms with Crippen molar-refractivity contribution in [3.8, 4) is 5.75 Å². The van der Waals surface area contributed by atoms with Crippen molar-refractivity contribution in [3.63, 3.8) is 0 Å². The van der Waals surface area contributed by atoms with Crippen molar-refractivity contribution in [3.05, 3.63) is 26.6 Å². The average molecular weight is 408 g/mol. The molecule has 1 amide bonds. The predicted molar refractivity (Wildman–Crippen MR) is 87.7 cm³/mol. The highest BCUT2D eigenvalue weighted by Crippen LogP contribution is 2.35. The highest BCUT2D eigenvalue weighted by Gasteiger charge is 2.18. The van der Waals surface area contributed by atoms with E-state index in [0.717, 1.165) is 14.5 Å². The van der Waals surface area contributed by atoms with Gasteiger partial charge in [-0.25, -0.2) is 0 Å². The SMILES string of the molecule is CC(C)CNC(=O)C(C)Oc1c(Br)cc(CN)cc1Br. The van der Waals surface area contributed by atoms with E-state index in [1.165, 1.54) is 0 Å². The Kier molecular flexibility index (Phi) is 6.99. The third kappa shape index (κ3) is 5.07. The number of carbonyl (C=O) groups excluding carboxylic acids is 1. The Labute approximate surface area is 136 Å². The number of halogens is 2. The minimum atomic E-state index is -0.565. The molecule has 0 bridgehead atoms. The van der Waals surface area contributed by atoms with Gasteiger partial charge >= 0.3 is 0 Å². The van der Waals surface area contributed by atoms with E-state index in [9.17, 15) is 4.79 Å². The molecule has 6 heteroatoms. The molecule has 3 N–H and O–H groups in total. The maximum atomic E-state index is 11.9. The largest absolute Gasteiger partial charge is 0.479 e. The Morgan fingerprint density at radius 2 is 1.85 bits per heavy atom. The van der Waals surface area contributed by atoms with Crippen LogP contribution in [-0.4, -0.2) is 18.6 Å². The Hall–Kier alpha value is -0.590. The van der Waals surface area contributed by atoms with E-state index < -0.39 is 6.10 Å². The Morgan fingerprint density at radius 1 is 1.30 bits per heavy atom. The van der Waals surface area contributed by atoms with Crippen LogP contribution in [0.3, 0.4) is 0 Å². The van der Waals surface area contributed by atoms with Gasteiger partial charge in [0.1, 0.15) is 5.75 Å². The molecule has 1 unspecified atom stereocenters. The molecule has 1 atom stereocenters. The van der Waals surface area contributed by atoms with Crippen LogP contribution < -0.4 is 15.8 Å². The molecule has 0 spiro atoms. The second-order valence-electron chi connectivity index (χ2n) is 4.99. The molecular formula is C14H20Br2N2O2. The molecule has 20 heavy (non-hydrogen) atoms. The van der Waals surface area contributed by atoms with E-state index >= 15 is 0 Å². The van der Waals surface area contributed by atoms with Crippen LogP contribution in [0.1, 0.15) is 26.3 Å². The second-order valence-corrected chi connectivity index (χ2v) is 6.70. The molecule has 0 aliphatic heterocycles. The van der Waals surface area contributed by atoms with E-state index in [-0.39, 0.29) is 5.91 Å². The van der Waals surface area contributed by atoms with Crippen molar-refractivity contribution in [1.29, 1.82) is 0 Å². The third-order valence-corrected chi connectivity index (χ3v) is 3.82. The van der Waals surface area contributed by atoms with Crippen LogP contribution in [0.5, 0.6) is 5.75 Å². The molecule has 0 radical (unpaired) electrons. The lowest BCUT2D eigenvalue weighted by Gasteiger charge is -2.18. The summed E-state index contributed by atoms with van der Waals surface area (Å²) in [6.07, 6.45) is -0.565. The summed E-state index contributed by atoms with van der Waals surface area (Å²) in [6.45, 7) is 6.91. The van der Waals surface area contributed by atoms with Crippen LogP contribution in [0.4, 0.5) is 0 Å². The zero-order valence-corrected chi connectivity index (χ0v) is 15.0. The quantitative estimate of drug-likeness (QED) is 0.760. The average Bonchev–Trinajstić information content (AvgIpc) is 2.39. The summed E-state index contributed by atoms with van der Waals surface area (Å²) in [6, 6.07) is 3.78. The van der Waals surface area contributed by atoms with Crippen LogP contribution in [0.15, 0.2) is 21.1 Å². The van der Waals surface area contributed by atoms with Gasteiger partial charge in [0.05, 0.1) is 8.95 Å². The first-order valence-corrected chi connectivity index (χ1v) is 8.06. The number of rotatable bonds is 6. The molecule has 0 fully saturated rings. The standard InChI is InChI=1S/C14H20Br2N2O2/c1-8(2)7-18-14(19)9(3)20-13-11(15)4-10(6-17)5-12(13)16/h4-5,8-9H,6-7,17H2,1-3H3,(H,18,19). The first-order chi connectivity index (χ1) is 9.35. The smallest absolute Gasteiger partial charge is 0.260 e. The Bertz CT molecular complexity index is 455. The van der Waals surface area contributed by atoms with E-state index in [1.807, 2.05) is 26.0 Å². The summed E-state index contributed by atoms with van der Waals surface area (Å²) in [5.74, 6) is 0.892. The van der Waals surface area contributed by atoms with Crippen LogP contribution >= 0.6 is 31.9 Å². The lowest BCUT2D eigenvalue weighted by Crippen LogP contribution is -2.38. The molecule has 0 aromatic heterocycles. The van der Waals surface area contributed by atoms with E-state index in [1.54, 1.807) is 6.92 Å². The van der Waals surface area contributed by atoms with Gasteiger partial charge in [-0.3, -0.25) is 4.79 Å². The van der Waals surface area contributed by atoms with E-state index in [2.05, 4.69) is 37.2 Å². The van der Waals surface area contributed by atoms with Crippen molar-refractivity contribution >= 4 is 37.8 Å². The number of benzene rings is 1. The fourth-order valence-corrected chi connectivity index (χ4v) is 2.99. The molecule has 1 rings (SSSR count). The number of amides is 1. The van der Waals surface area contributed by atoms with Crippen LogP contribution in [-0.2, 0) is 11.3 Å². The monoisotopic (exact) mass is 406 g/mol. The second kappa shape index (κ2) is 8.00. The summed E-state index contributed by atoms with van der Waals surface area (Å²) in [7, 11) is 0. The van der Waals surface area contributed by atoms with Crippen LogP contribution in [0.25, 0.3) is 0 Å². The lowest BCUT2D eigenvalue weighted by molar-refractivity contribution is -0.127. The van der Waals surface area contributed by atoms with Gasteiger partial charge in [0.15, 0.2) is 6.10 Å². The number of nitrogens with one attached hydrogen (secondary N) is 1. The summed E-state index contributed by atoms with van der Waals surface area (Å²) >= 11 is 6.87. The first kappa shape index (κ1) is 17.5. The summed E-state index contributed by atoms with van der Waals surface area (Å²) in [4.78, 5) is 11.9. The Balaban J connectivity index is 2.75. The van der Waals surface area contributed by atoms with Gasteiger partial charge < -0.3 is 15.8 Å². The van der Waals surface area contributed by atoms with Crippen LogP contribution in [0, 0.1) is 5.92 Å². The van der Waals surface area contributed by atoms with Gasteiger partial charge in [0.2, 0.25) is 0 Å². The van der Waals surface area contributed by atoms with Gasteiger partial charge in [-0.1, -0.05) is 13.8 Å². The highest BCUT2D eigenvalue weighted by molar-refractivity contribution is 9.11. The minimum Gasteiger partial charge on any atom is -0.479 e. The molecule has 1 aromatic rings. The van der Waals surface area contributed by atoms with Gasteiger partial charge in [-0.2, -0.15) is 0 Å². The van der Waals surface area contributed by atoms with Crippen molar-refractivity contribution in [1.82, 2.24) is 5.32 Å². The van der Waals surface area contributed by atoms with Gasteiger partial charge in [0, 0.05) is 13.1 Å². The van der Waals surface area contributed by atoms with Gasteiger partial charge in [-0.05, 0) is 62.4 Å². The number of hydrogen-bond donors (Lipinski definition) is 2. The zero-order chi connectivity index (χ0) is 15.3. The number of nitrogens with two attached hydrogens (primary N) is 1. The normalized spacial score (nSPS) is 12.3.